The number of aromatic amines is 2. The zero-order chi connectivity index (χ0) is 21.6. The average Bonchev–Trinajstić information content (AvgIpc) is 2.71. The number of H-pyrrole nitrogens is 2. The lowest BCUT2D eigenvalue weighted by atomic mass is 9.96. The van der Waals surface area contributed by atoms with E-state index in [1.807, 2.05) is 12.1 Å². The van der Waals surface area contributed by atoms with E-state index in [1.165, 1.54) is 25.3 Å². The van der Waals surface area contributed by atoms with Crippen molar-refractivity contribution in [2.75, 3.05) is 7.11 Å². The molecule has 1 aliphatic rings. The minimum atomic E-state index is -4.17. The van der Waals surface area contributed by atoms with Gasteiger partial charge < -0.3 is 9.72 Å². The second-order valence-electron chi connectivity index (χ2n) is 6.82. The number of rotatable bonds is 3. The van der Waals surface area contributed by atoms with Crippen molar-refractivity contribution in [2.24, 2.45) is 0 Å². The zero-order valence-electron chi connectivity index (χ0n) is 15.6. The van der Waals surface area contributed by atoms with Crippen LogP contribution in [0, 0.1) is 0 Å². The van der Waals surface area contributed by atoms with Crippen LogP contribution < -0.4 is 11.2 Å². The molecule has 1 aromatic heterocycles. The van der Waals surface area contributed by atoms with Gasteiger partial charge in [-0.05, 0) is 41.5 Å². The van der Waals surface area contributed by atoms with Gasteiger partial charge in [0.2, 0.25) is 10.0 Å². The van der Waals surface area contributed by atoms with E-state index in [2.05, 4.69) is 25.9 Å². The Labute approximate surface area is 178 Å². The van der Waals surface area contributed by atoms with Crippen molar-refractivity contribution < 1.29 is 17.9 Å². The van der Waals surface area contributed by atoms with Gasteiger partial charge in [0.15, 0.2) is 0 Å². The van der Waals surface area contributed by atoms with E-state index in [4.69, 9.17) is 4.74 Å². The summed E-state index contributed by atoms with van der Waals surface area (Å²) < 4.78 is 33.6. The minimum Gasteiger partial charge on any atom is -0.468 e. The minimum absolute atomic E-state index is 0.0189. The molecule has 156 valence electrons. The van der Waals surface area contributed by atoms with Crippen LogP contribution in [0.5, 0.6) is 0 Å². The molecule has 1 aliphatic heterocycles. The number of nitrogens with zero attached hydrogens (tertiary/aromatic N) is 1. The highest BCUT2D eigenvalue weighted by Crippen LogP contribution is 2.31. The quantitative estimate of drug-likeness (QED) is 0.528. The summed E-state index contributed by atoms with van der Waals surface area (Å²) in [5, 5.41) is 0.0189. The van der Waals surface area contributed by atoms with E-state index >= 15 is 0 Å². The predicted octanol–water partition coefficient (Wildman–Crippen LogP) is 1.27. The molecule has 2 N–H and O–H groups in total. The molecule has 1 unspecified atom stereocenters. The van der Waals surface area contributed by atoms with E-state index in [0.717, 1.165) is 19.9 Å². The number of hydrogen-bond acceptors (Lipinski definition) is 6. The van der Waals surface area contributed by atoms with Gasteiger partial charge in [-0.3, -0.25) is 14.6 Å². The number of carbonyl (C=O) groups is 1. The summed E-state index contributed by atoms with van der Waals surface area (Å²) in [4.78, 5) is 40.3. The lowest BCUT2D eigenvalue weighted by Crippen LogP contribution is -2.49. The van der Waals surface area contributed by atoms with Gasteiger partial charge in [0.25, 0.3) is 5.56 Å². The monoisotopic (exact) mass is 493 g/mol. The Bertz CT molecular complexity index is 1400. The van der Waals surface area contributed by atoms with Gasteiger partial charge in [0, 0.05) is 17.4 Å². The van der Waals surface area contributed by atoms with Crippen molar-refractivity contribution in [3.8, 4) is 0 Å². The molecular weight excluding hydrogens is 478 g/mol. The lowest BCUT2D eigenvalue weighted by Gasteiger charge is -2.34. The molecule has 3 aromatic rings. The number of aromatic nitrogens is 2. The molecule has 0 radical (unpaired) electrons. The SMILES string of the molecule is COC(=O)C1Cc2ccc(Br)cc2CN1S(=O)(=O)c1ccc2[nH]c(=O)[nH]c(=O)c2c1. The summed E-state index contributed by atoms with van der Waals surface area (Å²) in [7, 11) is -2.96. The van der Waals surface area contributed by atoms with E-state index < -0.39 is 33.3 Å². The maximum absolute atomic E-state index is 13.5. The smallest absolute Gasteiger partial charge is 0.326 e. The Morgan fingerprint density at radius 2 is 1.90 bits per heavy atom. The fourth-order valence-corrected chi connectivity index (χ4v) is 5.55. The van der Waals surface area contributed by atoms with Crippen molar-refractivity contribution >= 4 is 42.8 Å². The molecule has 30 heavy (non-hydrogen) atoms. The number of halogens is 1. The third kappa shape index (κ3) is 3.48. The zero-order valence-corrected chi connectivity index (χ0v) is 18.0. The van der Waals surface area contributed by atoms with Crippen LogP contribution in [0.15, 0.2) is 55.4 Å². The van der Waals surface area contributed by atoms with E-state index in [9.17, 15) is 22.8 Å². The Hall–Kier alpha value is -2.76. The van der Waals surface area contributed by atoms with Crippen LogP contribution in [-0.2, 0) is 32.5 Å². The van der Waals surface area contributed by atoms with Gasteiger partial charge in [-0.25, -0.2) is 13.2 Å². The molecule has 0 bridgehead atoms. The van der Waals surface area contributed by atoms with Crippen molar-refractivity contribution in [2.45, 2.75) is 23.9 Å². The van der Waals surface area contributed by atoms with Crippen molar-refractivity contribution in [1.29, 1.82) is 0 Å². The topological polar surface area (TPSA) is 129 Å². The number of ether oxygens (including phenoxy) is 1. The summed E-state index contributed by atoms with van der Waals surface area (Å²) in [5.74, 6) is -0.671. The number of sulfonamides is 1. The second-order valence-corrected chi connectivity index (χ2v) is 9.63. The number of fused-ring (bicyclic) bond motifs is 2. The molecule has 0 saturated carbocycles. The fourth-order valence-electron chi connectivity index (χ4n) is 3.56. The van der Waals surface area contributed by atoms with Crippen LogP contribution in [0.1, 0.15) is 11.1 Å². The molecule has 9 nitrogen and oxygen atoms in total. The predicted molar refractivity (Wildman–Crippen MR) is 112 cm³/mol. The molecule has 4 rings (SSSR count). The Morgan fingerprint density at radius 3 is 2.63 bits per heavy atom. The van der Waals surface area contributed by atoms with Crippen LogP contribution in [0.25, 0.3) is 10.9 Å². The summed E-state index contributed by atoms with van der Waals surface area (Å²) in [6.07, 6.45) is 0.163. The molecular formula is C19H16BrN3O6S. The Morgan fingerprint density at radius 1 is 1.13 bits per heavy atom. The highest BCUT2D eigenvalue weighted by Gasteiger charge is 2.40. The molecule has 1 atom stereocenters. The molecule has 0 saturated heterocycles. The first-order valence-electron chi connectivity index (χ1n) is 8.84. The van der Waals surface area contributed by atoms with Gasteiger partial charge in [-0.2, -0.15) is 4.31 Å². The molecule has 0 spiro atoms. The van der Waals surface area contributed by atoms with E-state index in [-0.39, 0.29) is 28.8 Å². The first-order chi connectivity index (χ1) is 14.2. The van der Waals surface area contributed by atoms with Crippen molar-refractivity contribution in [1.82, 2.24) is 14.3 Å². The van der Waals surface area contributed by atoms with Crippen LogP contribution in [0.3, 0.4) is 0 Å². The van der Waals surface area contributed by atoms with Crippen molar-refractivity contribution in [3.63, 3.8) is 0 Å². The highest BCUT2D eigenvalue weighted by atomic mass is 79.9. The molecule has 11 heteroatoms. The molecule has 0 fully saturated rings. The summed E-state index contributed by atoms with van der Waals surface area (Å²) in [6, 6.07) is 8.25. The average molecular weight is 494 g/mol. The number of benzene rings is 2. The summed E-state index contributed by atoms with van der Waals surface area (Å²) >= 11 is 3.38. The number of nitrogens with one attached hydrogen (secondary N) is 2. The number of esters is 1. The number of carbonyl (C=O) groups excluding carboxylic acids is 1. The van der Waals surface area contributed by atoms with Gasteiger partial charge in [-0.1, -0.05) is 22.0 Å². The van der Waals surface area contributed by atoms with Gasteiger partial charge in [0.05, 0.1) is 22.9 Å². The number of hydrogen-bond donors (Lipinski definition) is 2. The Balaban J connectivity index is 1.85. The molecule has 0 aliphatic carbocycles. The molecule has 0 amide bonds. The maximum atomic E-state index is 13.5. The van der Waals surface area contributed by atoms with Crippen LogP contribution in [0.4, 0.5) is 0 Å². The van der Waals surface area contributed by atoms with Crippen molar-refractivity contribution in [3.05, 3.63) is 72.8 Å². The lowest BCUT2D eigenvalue weighted by molar-refractivity contribution is -0.145. The van der Waals surface area contributed by atoms with Gasteiger partial charge in [-0.15, -0.1) is 0 Å². The highest BCUT2D eigenvalue weighted by molar-refractivity contribution is 9.10. The standard InChI is InChI=1S/C19H16BrN3O6S/c1-29-18(25)16-7-10-2-3-12(20)6-11(10)9-23(16)30(27,28)13-4-5-15-14(8-13)17(24)22-19(26)21-15/h2-6,8,16H,7,9H2,1H3,(H2,21,22,24,26). The van der Waals surface area contributed by atoms with E-state index in [0.29, 0.717) is 0 Å². The third-order valence-corrected chi connectivity index (χ3v) is 7.39. The van der Waals surface area contributed by atoms with Crippen LogP contribution in [0.2, 0.25) is 0 Å². The molecule has 2 heterocycles. The third-order valence-electron chi connectivity index (χ3n) is 5.05. The van der Waals surface area contributed by atoms with Gasteiger partial charge in [0.1, 0.15) is 6.04 Å². The fraction of sp³-hybridized carbons (Fsp3) is 0.211. The first kappa shape index (κ1) is 20.5. The maximum Gasteiger partial charge on any atom is 0.326 e. The molecule has 2 aromatic carbocycles. The second kappa shape index (κ2) is 7.49. The largest absolute Gasteiger partial charge is 0.468 e. The van der Waals surface area contributed by atoms with Crippen LogP contribution in [-0.4, -0.2) is 41.8 Å². The Kier molecular flexibility index (Phi) is 5.12. The number of methoxy groups -OCH3 is 1. The first-order valence-corrected chi connectivity index (χ1v) is 11.1. The summed E-state index contributed by atoms with van der Waals surface area (Å²) in [5.41, 5.74) is 0.430. The van der Waals surface area contributed by atoms with Crippen LogP contribution >= 0.6 is 15.9 Å². The summed E-state index contributed by atoms with van der Waals surface area (Å²) in [6.45, 7) is -0.0309. The van der Waals surface area contributed by atoms with Gasteiger partial charge >= 0.3 is 11.7 Å². The normalized spacial score (nSPS) is 16.9. The van der Waals surface area contributed by atoms with E-state index in [1.54, 1.807) is 6.07 Å².